The minimum Gasteiger partial charge on any atom is -0.308 e. The Morgan fingerprint density at radius 3 is 2.41 bits per heavy atom. The molecule has 0 bridgehead atoms. The van der Waals surface area contributed by atoms with Crippen molar-refractivity contribution >= 4 is 0 Å². The van der Waals surface area contributed by atoms with E-state index in [9.17, 15) is 0 Å². The largest absolute Gasteiger partial charge is 0.308 e. The van der Waals surface area contributed by atoms with Gasteiger partial charge in [-0.05, 0) is 39.2 Å². The van der Waals surface area contributed by atoms with Crippen LogP contribution >= 0.6 is 0 Å². The van der Waals surface area contributed by atoms with E-state index >= 15 is 0 Å². The van der Waals surface area contributed by atoms with Crippen molar-refractivity contribution in [3.8, 4) is 0 Å². The molecular formula is C15H30N2. The summed E-state index contributed by atoms with van der Waals surface area (Å²) in [6, 6.07) is 0. The molecule has 1 atom stereocenters. The van der Waals surface area contributed by atoms with E-state index in [1.165, 1.54) is 64.6 Å². The van der Waals surface area contributed by atoms with Gasteiger partial charge in [0.1, 0.15) is 0 Å². The molecule has 100 valence electrons. The zero-order chi connectivity index (χ0) is 12.4. The van der Waals surface area contributed by atoms with Crippen LogP contribution in [-0.4, -0.2) is 35.6 Å². The third-order valence-electron chi connectivity index (χ3n) is 5.11. The van der Waals surface area contributed by atoms with E-state index in [2.05, 4.69) is 31.0 Å². The lowest BCUT2D eigenvalue weighted by Crippen LogP contribution is -2.69. The molecule has 1 unspecified atom stereocenters. The predicted octanol–water partition coefficient (Wildman–Crippen LogP) is 3.17. The molecule has 1 saturated carbocycles. The first kappa shape index (κ1) is 13.4. The number of nitrogens with one attached hydrogen (secondary N) is 1. The van der Waals surface area contributed by atoms with Gasteiger partial charge in [0.25, 0.3) is 0 Å². The summed E-state index contributed by atoms with van der Waals surface area (Å²) in [4.78, 5) is 2.83. The second kappa shape index (κ2) is 5.27. The van der Waals surface area contributed by atoms with Crippen LogP contribution < -0.4 is 5.32 Å². The smallest absolute Gasteiger partial charge is 0.0334 e. The molecule has 2 rings (SSSR count). The molecule has 0 aromatic rings. The minimum atomic E-state index is 0.345. The van der Waals surface area contributed by atoms with Crippen molar-refractivity contribution in [2.75, 3.05) is 19.6 Å². The number of piperazine rings is 1. The Hall–Kier alpha value is -0.0800. The monoisotopic (exact) mass is 238 g/mol. The summed E-state index contributed by atoms with van der Waals surface area (Å²) in [6.45, 7) is 10.8. The lowest BCUT2D eigenvalue weighted by atomic mass is 9.76. The highest BCUT2D eigenvalue weighted by Gasteiger charge is 2.44. The molecule has 2 nitrogen and oxygen atoms in total. The van der Waals surface area contributed by atoms with E-state index in [1.54, 1.807) is 0 Å². The van der Waals surface area contributed by atoms with Crippen LogP contribution in [0.1, 0.15) is 65.7 Å². The molecule has 0 aromatic carbocycles. The van der Waals surface area contributed by atoms with Crippen LogP contribution in [0.5, 0.6) is 0 Å². The lowest BCUT2D eigenvalue weighted by Gasteiger charge is -2.55. The fraction of sp³-hybridized carbons (Fsp3) is 1.00. The first-order valence-corrected chi connectivity index (χ1v) is 7.64. The molecule has 1 aliphatic carbocycles. The average molecular weight is 238 g/mol. The molecular weight excluding hydrogens is 208 g/mol. The van der Waals surface area contributed by atoms with Crippen molar-refractivity contribution < 1.29 is 0 Å². The van der Waals surface area contributed by atoms with Gasteiger partial charge in [0, 0.05) is 24.2 Å². The maximum absolute atomic E-state index is 3.85. The normalized spacial score (nSPS) is 34.1. The molecule has 2 heteroatoms. The molecule has 2 aliphatic rings. The maximum atomic E-state index is 3.85. The third-order valence-corrected chi connectivity index (χ3v) is 5.11. The van der Waals surface area contributed by atoms with E-state index < -0.39 is 0 Å². The van der Waals surface area contributed by atoms with Gasteiger partial charge in [0.15, 0.2) is 0 Å². The van der Waals surface area contributed by atoms with Gasteiger partial charge < -0.3 is 5.32 Å². The van der Waals surface area contributed by atoms with Gasteiger partial charge in [-0.3, -0.25) is 4.90 Å². The Morgan fingerprint density at radius 2 is 1.82 bits per heavy atom. The van der Waals surface area contributed by atoms with Crippen molar-refractivity contribution in [1.29, 1.82) is 0 Å². The third kappa shape index (κ3) is 2.68. The van der Waals surface area contributed by atoms with Gasteiger partial charge >= 0.3 is 0 Å². The summed E-state index contributed by atoms with van der Waals surface area (Å²) in [5.74, 6) is 0. The predicted molar refractivity (Wildman–Crippen MR) is 74.4 cm³/mol. The quantitative estimate of drug-likeness (QED) is 0.812. The van der Waals surface area contributed by atoms with Crippen LogP contribution in [-0.2, 0) is 0 Å². The van der Waals surface area contributed by atoms with Crippen LogP contribution in [0.25, 0.3) is 0 Å². The Kier molecular flexibility index (Phi) is 4.14. The van der Waals surface area contributed by atoms with Gasteiger partial charge in [0.05, 0.1) is 0 Å². The number of hydrogen-bond donors (Lipinski definition) is 1. The Bertz CT molecular complexity index is 245. The van der Waals surface area contributed by atoms with Gasteiger partial charge in [-0.2, -0.15) is 0 Å². The molecule has 2 fully saturated rings. The molecule has 1 spiro atoms. The summed E-state index contributed by atoms with van der Waals surface area (Å²) in [7, 11) is 0. The van der Waals surface area contributed by atoms with E-state index in [0.29, 0.717) is 11.1 Å². The Morgan fingerprint density at radius 1 is 1.12 bits per heavy atom. The molecule has 1 aliphatic heterocycles. The number of hydrogen-bond acceptors (Lipinski definition) is 2. The van der Waals surface area contributed by atoms with Crippen molar-refractivity contribution in [2.24, 2.45) is 0 Å². The fourth-order valence-electron chi connectivity index (χ4n) is 3.66. The van der Waals surface area contributed by atoms with Crippen LogP contribution in [0, 0.1) is 0 Å². The van der Waals surface area contributed by atoms with Crippen molar-refractivity contribution in [2.45, 2.75) is 76.8 Å². The van der Waals surface area contributed by atoms with Gasteiger partial charge in [-0.1, -0.05) is 33.1 Å². The van der Waals surface area contributed by atoms with E-state index in [1.807, 2.05) is 0 Å². The average Bonchev–Trinajstić information content (AvgIpc) is 2.36. The molecule has 0 aromatic heterocycles. The second-order valence-electron chi connectivity index (χ2n) is 6.47. The van der Waals surface area contributed by atoms with E-state index in [0.717, 1.165) is 0 Å². The first-order chi connectivity index (χ1) is 8.14. The SMILES string of the molecule is CCCN1CC(C)(CC)NCC12CCCCC2. The molecule has 1 saturated heterocycles. The van der Waals surface area contributed by atoms with Crippen molar-refractivity contribution in [3.63, 3.8) is 0 Å². The van der Waals surface area contributed by atoms with Crippen LogP contribution in [0.2, 0.25) is 0 Å². The zero-order valence-electron chi connectivity index (χ0n) is 12.0. The van der Waals surface area contributed by atoms with Crippen LogP contribution in [0.15, 0.2) is 0 Å². The topological polar surface area (TPSA) is 15.3 Å². The summed E-state index contributed by atoms with van der Waals surface area (Å²) in [5.41, 5.74) is 0.848. The molecule has 17 heavy (non-hydrogen) atoms. The standard InChI is InChI=1S/C15H30N2/c1-4-11-17-13-14(3,5-2)16-12-15(17)9-7-6-8-10-15/h16H,4-13H2,1-3H3. The molecule has 0 radical (unpaired) electrons. The number of nitrogens with zero attached hydrogens (tertiary/aromatic N) is 1. The highest BCUT2D eigenvalue weighted by molar-refractivity contribution is 5.04. The summed E-state index contributed by atoms with van der Waals surface area (Å²) >= 11 is 0. The molecule has 1 N–H and O–H groups in total. The Balaban J connectivity index is 2.10. The second-order valence-corrected chi connectivity index (χ2v) is 6.47. The van der Waals surface area contributed by atoms with Crippen LogP contribution in [0.4, 0.5) is 0 Å². The lowest BCUT2D eigenvalue weighted by molar-refractivity contribution is -0.0153. The maximum Gasteiger partial charge on any atom is 0.0334 e. The van der Waals surface area contributed by atoms with Gasteiger partial charge in [-0.15, -0.1) is 0 Å². The molecule has 1 heterocycles. The van der Waals surface area contributed by atoms with Gasteiger partial charge in [-0.25, -0.2) is 0 Å². The molecule has 0 amide bonds. The highest BCUT2D eigenvalue weighted by Crippen LogP contribution is 2.37. The van der Waals surface area contributed by atoms with Crippen LogP contribution in [0.3, 0.4) is 0 Å². The summed E-state index contributed by atoms with van der Waals surface area (Å²) in [5, 5.41) is 3.85. The highest BCUT2D eigenvalue weighted by atomic mass is 15.3. The Labute approximate surface area is 107 Å². The summed E-state index contributed by atoms with van der Waals surface area (Å²) < 4.78 is 0. The summed E-state index contributed by atoms with van der Waals surface area (Å²) in [6.07, 6.45) is 9.69. The number of rotatable bonds is 3. The van der Waals surface area contributed by atoms with Crippen molar-refractivity contribution in [3.05, 3.63) is 0 Å². The minimum absolute atomic E-state index is 0.345. The first-order valence-electron chi connectivity index (χ1n) is 7.64. The van der Waals surface area contributed by atoms with Gasteiger partial charge in [0.2, 0.25) is 0 Å². The fourth-order valence-corrected chi connectivity index (χ4v) is 3.66. The zero-order valence-corrected chi connectivity index (χ0v) is 12.0. The van der Waals surface area contributed by atoms with E-state index in [-0.39, 0.29) is 0 Å². The van der Waals surface area contributed by atoms with Crippen molar-refractivity contribution in [1.82, 2.24) is 10.2 Å². The van der Waals surface area contributed by atoms with E-state index in [4.69, 9.17) is 0 Å².